The molecular formula is C15H24N2O2. The van der Waals surface area contributed by atoms with E-state index in [1.54, 1.807) is 12.0 Å². The Labute approximate surface area is 115 Å². The van der Waals surface area contributed by atoms with Crippen molar-refractivity contribution in [1.82, 2.24) is 4.90 Å². The predicted octanol–water partition coefficient (Wildman–Crippen LogP) is 1.88. The third kappa shape index (κ3) is 4.24. The van der Waals surface area contributed by atoms with Gasteiger partial charge in [-0.15, -0.1) is 0 Å². The molecule has 0 spiro atoms. The molecule has 1 aromatic carbocycles. The minimum atomic E-state index is -0.115. The summed E-state index contributed by atoms with van der Waals surface area (Å²) in [6.07, 6.45) is 0. The van der Waals surface area contributed by atoms with Crippen molar-refractivity contribution < 1.29 is 9.53 Å². The number of hydrogen-bond acceptors (Lipinski definition) is 3. The maximum atomic E-state index is 12.3. The van der Waals surface area contributed by atoms with Crippen LogP contribution in [-0.4, -0.2) is 31.5 Å². The van der Waals surface area contributed by atoms with Gasteiger partial charge in [0.1, 0.15) is 5.75 Å². The molecule has 4 nitrogen and oxygen atoms in total. The van der Waals surface area contributed by atoms with E-state index >= 15 is 0 Å². The molecule has 0 fully saturated rings. The molecular weight excluding hydrogens is 240 g/mol. The number of nitrogens with zero attached hydrogens (tertiary/aromatic N) is 1. The Kier molecular flexibility index (Phi) is 5.83. The minimum Gasteiger partial charge on any atom is -0.497 e. The van der Waals surface area contributed by atoms with E-state index in [4.69, 9.17) is 10.5 Å². The van der Waals surface area contributed by atoms with E-state index in [1.807, 2.05) is 45.2 Å². The summed E-state index contributed by atoms with van der Waals surface area (Å²) < 4.78 is 5.18. The van der Waals surface area contributed by atoms with Crippen LogP contribution in [0.1, 0.15) is 19.4 Å². The molecule has 19 heavy (non-hydrogen) atoms. The van der Waals surface area contributed by atoms with Crippen LogP contribution in [-0.2, 0) is 11.3 Å². The molecule has 1 rings (SSSR count). The van der Waals surface area contributed by atoms with E-state index in [2.05, 4.69) is 0 Å². The van der Waals surface area contributed by atoms with Crippen molar-refractivity contribution in [1.29, 1.82) is 0 Å². The van der Waals surface area contributed by atoms with Gasteiger partial charge in [-0.3, -0.25) is 4.79 Å². The first kappa shape index (κ1) is 15.5. The molecule has 2 N–H and O–H groups in total. The number of hydrogen-bond donors (Lipinski definition) is 1. The van der Waals surface area contributed by atoms with Crippen LogP contribution < -0.4 is 10.5 Å². The lowest BCUT2D eigenvalue weighted by Crippen LogP contribution is -2.38. The van der Waals surface area contributed by atoms with Gasteiger partial charge in [0.05, 0.1) is 13.0 Å². The van der Waals surface area contributed by atoms with Crippen molar-refractivity contribution >= 4 is 5.91 Å². The number of methoxy groups -OCH3 is 1. The fourth-order valence-corrected chi connectivity index (χ4v) is 2.06. The Morgan fingerprint density at radius 2 is 2.11 bits per heavy atom. The highest BCUT2D eigenvalue weighted by atomic mass is 16.5. The standard InChI is InChI=1S/C15H24N2O2/c1-11(2)14(9-16)15(18)17(3)10-12-6-5-7-13(8-12)19-4/h5-8,11,14H,9-10,16H2,1-4H3. The average molecular weight is 264 g/mol. The predicted molar refractivity (Wildman–Crippen MR) is 76.9 cm³/mol. The van der Waals surface area contributed by atoms with Crippen LogP contribution in [0.5, 0.6) is 5.75 Å². The van der Waals surface area contributed by atoms with Crippen molar-refractivity contribution in [3.8, 4) is 5.75 Å². The SMILES string of the molecule is COc1cccc(CN(C)C(=O)C(CN)C(C)C)c1. The molecule has 106 valence electrons. The number of rotatable bonds is 6. The molecule has 0 radical (unpaired) electrons. The van der Waals surface area contributed by atoms with Gasteiger partial charge in [-0.1, -0.05) is 26.0 Å². The van der Waals surface area contributed by atoms with Crippen LogP contribution in [0.15, 0.2) is 24.3 Å². The third-order valence-electron chi connectivity index (χ3n) is 3.31. The quantitative estimate of drug-likeness (QED) is 0.853. The van der Waals surface area contributed by atoms with Crippen molar-refractivity contribution in [2.45, 2.75) is 20.4 Å². The smallest absolute Gasteiger partial charge is 0.227 e. The van der Waals surface area contributed by atoms with E-state index in [1.165, 1.54) is 0 Å². The van der Waals surface area contributed by atoms with Gasteiger partial charge in [-0.25, -0.2) is 0 Å². The Bertz CT molecular complexity index is 418. The molecule has 4 heteroatoms. The molecule has 0 aliphatic carbocycles. The molecule has 0 aromatic heterocycles. The summed E-state index contributed by atoms with van der Waals surface area (Å²) in [5.41, 5.74) is 6.73. The molecule has 1 unspecified atom stereocenters. The Morgan fingerprint density at radius 1 is 1.42 bits per heavy atom. The molecule has 0 saturated heterocycles. The van der Waals surface area contributed by atoms with E-state index in [-0.39, 0.29) is 17.7 Å². The highest BCUT2D eigenvalue weighted by molar-refractivity contribution is 5.79. The van der Waals surface area contributed by atoms with Crippen molar-refractivity contribution in [3.63, 3.8) is 0 Å². The van der Waals surface area contributed by atoms with Crippen molar-refractivity contribution in [3.05, 3.63) is 29.8 Å². The molecule has 1 atom stereocenters. The summed E-state index contributed by atoms with van der Waals surface area (Å²) in [5.74, 6) is 1.04. The summed E-state index contributed by atoms with van der Waals surface area (Å²) in [5, 5.41) is 0. The zero-order valence-electron chi connectivity index (χ0n) is 12.2. The van der Waals surface area contributed by atoms with E-state index in [0.29, 0.717) is 13.1 Å². The molecule has 0 bridgehead atoms. The zero-order valence-corrected chi connectivity index (χ0v) is 12.2. The van der Waals surface area contributed by atoms with Gasteiger partial charge in [0, 0.05) is 20.1 Å². The summed E-state index contributed by atoms with van der Waals surface area (Å²) >= 11 is 0. The molecule has 0 heterocycles. The van der Waals surface area contributed by atoms with Gasteiger partial charge >= 0.3 is 0 Å². The maximum Gasteiger partial charge on any atom is 0.227 e. The lowest BCUT2D eigenvalue weighted by molar-refractivity contribution is -0.135. The highest BCUT2D eigenvalue weighted by Crippen LogP contribution is 2.17. The zero-order chi connectivity index (χ0) is 14.4. The summed E-state index contributed by atoms with van der Waals surface area (Å²) in [7, 11) is 3.45. The van der Waals surface area contributed by atoms with Gasteiger partial charge in [-0.2, -0.15) is 0 Å². The monoisotopic (exact) mass is 264 g/mol. The van der Waals surface area contributed by atoms with E-state index in [9.17, 15) is 4.79 Å². The van der Waals surface area contributed by atoms with Crippen molar-refractivity contribution in [2.24, 2.45) is 17.6 Å². The van der Waals surface area contributed by atoms with Crippen LogP contribution in [0.3, 0.4) is 0 Å². The number of carbonyl (C=O) groups is 1. The van der Waals surface area contributed by atoms with Gasteiger partial charge < -0.3 is 15.4 Å². The Morgan fingerprint density at radius 3 is 2.63 bits per heavy atom. The molecule has 1 aromatic rings. The normalized spacial score (nSPS) is 12.3. The van der Waals surface area contributed by atoms with Gasteiger partial charge in [0.2, 0.25) is 5.91 Å². The number of amides is 1. The fourth-order valence-electron chi connectivity index (χ4n) is 2.06. The number of nitrogens with two attached hydrogens (primary N) is 1. The second-order valence-electron chi connectivity index (χ2n) is 5.13. The third-order valence-corrected chi connectivity index (χ3v) is 3.31. The fraction of sp³-hybridized carbons (Fsp3) is 0.533. The molecule has 0 aliphatic rings. The van der Waals surface area contributed by atoms with Crippen LogP contribution in [0.25, 0.3) is 0 Å². The molecule has 0 saturated carbocycles. The van der Waals surface area contributed by atoms with E-state index < -0.39 is 0 Å². The molecule has 1 amide bonds. The summed E-state index contributed by atoms with van der Waals surface area (Å²) in [6.45, 7) is 5.00. The first-order chi connectivity index (χ1) is 8.99. The van der Waals surface area contributed by atoms with Crippen LogP contribution in [0.4, 0.5) is 0 Å². The first-order valence-corrected chi connectivity index (χ1v) is 6.57. The summed E-state index contributed by atoms with van der Waals surface area (Å²) in [6, 6.07) is 7.74. The Balaban J connectivity index is 2.72. The second kappa shape index (κ2) is 7.14. The topological polar surface area (TPSA) is 55.6 Å². The van der Waals surface area contributed by atoms with E-state index in [0.717, 1.165) is 11.3 Å². The van der Waals surface area contributed by atoms with Crippen LogP contribution >= 0.6 is 0 Å². The summed E-state index contributed by atoms with van der Waals surface area (Å²) in [4.78, 5) is 14.0. The van der Waals surface area contributed by atoms with Crippen LogP contribution in [0.2, 0.25) is 0 Å². The lowest BCUT2D eigenvalue weighted by atomic mass is 9.94. The minimum absolute atomic E-state index is 0.0975. The maximum absolute atomic E-state index is 12.3. The number of ether oxygens (including phenoxy) is 1. The number of carbonyl (C=O) groups excluding carboxylic acids is 1. The Hall–Kier alpha value is -1.55. The van der Waals surface area contributed by atoms with Crippen LogP contribution in [0, 0.1) is 11.8 Å². The first-order valence-electron chi connectivity index (χ1n) is 6.57. The van der Waals surface area contributed by atoms with Gasteiger partial charge in [0.15, 0.2) is 0 Å². The van der Waals surface area contributed by atoms with Gasteiger partial charge in [-0.05, 0) is 23.6 Å². The largest absolute Gasteiger partial charge is 0.497 e. The number of benzene rings is 1. The van der Waals surface area contributed by atoms with Crippen molar-refractivity contribution in [2.75, 3.05) is 20.7 Å². The second-order valence-corrected chi connectivity index (χ2v) is 5.13. The lowest BCUT2D eigenvalue weighted by Gasteiger charge is -2.25. The average Bonchev–Trinajstić information content (AvgIpc) is 2.39. The van der Waals surface area contributed by atoms with Gasteiger partial charge in [0.25, 0.3) is 0 Å². The molecule has 0 aliphatic heterocycles. The highest BCUT2D eigenvalue weighted by Gasteiger charge is 2.23.